The molecule has 0 saturated heterocycles. The van der Waals surface area contributed by atoms with E-state index in [9.17, 15) is 14.4 Å². The first-order valence-corrected chi connectivity index (χ1v) is 7.84. The summed E-state index contributed by atoms with van der Waals surface area (Å²) in [6.07, 6.45) is 0.254. The van der Waals surface area contributed by atoms with Crippen molar-refractivity contribution in [3.8, 4) is 5.75 Å². The zero-order chi connectivity index (χ0) is 18.4. The molecule has 2 aromatic rings. The van der Waals surface area contributed by atoms with Gasteiger partial charge in [-0.25, -0.2) is 9.59 Å². The second kappa shape index (κ2) is 5.88. The van der Waals surface area contributed by atoms with Crippen molar-refractivity contribution in [2.75, 3.05) is 0 Å². The Kier molecular flexibility index (Phi) is 3.99. The van der Waals surface area contributed by atoms with Gasteiger partial charge in [-0.2, -0.15) is 0 Å². The van der Waals surface area contributed by atoms with E-state index in [1.54, 1.807) is 39.8 Å². The van der Waals surface area contributed by atoms with Crippen molar-refractivity contribution in [1.82, 2.24) is 0 Å². The van der Waals surface area contributed by atoms with E-state index in [4.69, 9.17) is 13.9 Å². The molecule has 130 valence electrons. The summed E-state index contributed by atoms with van der Waals surface area (Å²) in [5, 5.41) is 0.587. The largest absolute Gasteiger partial charge is 0.483 e. The summed E-state index contributed by atoms with van der Waals surface area (Å²) in [4.78, 5) is 36.2. The lowest BCUT2D eigenvalue weighted by Gasteiger charge is -2.37. The van der Waals surface area contributed by atoms with E-state index >= 15 is 0 Å². The van der Waals surface area contributed by atoms with E-state index in [0.717, 1.165) is 5.57 Å². The van der Waals surface area contributed by atoms with Crippen LogP contribution in [0.1, 0.15) is 38.1 Å². The third kappa shape index (κ3) is 3.20. The molecule has 1 aromatic heterocycles. The Balaban J connectivity index is 2.05. The van der Waals surface area contributed by atoms with Crippen molar-refractivity contribution in [2.24, 2.45) is 0 Å². The maximum absolute atomic E-state index is 12.9. The number of ether oxygens (including phenoxy) is 2. The first-order chi connectivity index (χ1) is 11.7. The molecule has 1 atom stereocenters. The molecule has 0 unspecified atom stereocenters. The van der Waals surface area contributed by atoms with Gasteiger partial charge in [0.25, 0.3) is 0 Å². The van der Waals surface area contributed by atoms with Gasteiger partial charge < -0.3 is 13.9 Å². The molecule has 1 aliphatic heterocycles. The van der Waals surface area contributed by atoms with Crippen LogP contribution >= 0.6 is 0 Å². The number of allylic oxidation sites excluding steroid dienone is 1. The lowest BCUT2D eigenvalue weighted by Crippen LogP contribution is -2.52. The quantitative estimate of drug-likeness (QED) is 0.474. The Morgan fingerprint density at radius 1 is 1.20 bits per heavy atom. The molecule has 0 radical (unpaired) electrons. The van der Waals surface area contributed by atoms with Crippen LogP contribution in [0.4, 0.5) is 0 Å². The van der Waals surface area contributed by atoms with Crippen LogP contribution in [0.2, 0.25) is 0 Å². The molecular weight excluding hydrogens is 324 g/mol. The van der Waals surface area contributed by atoms with Gasteiger partial charge in [0.2, 0.25) is 11.9 Å². The molecule has 0 N–H and O–H groups in total. The molecule has 0 aliphatic carbocycles. The van der Waals surface area contributed by atoms with Crippen LogP contribution in [0.15, 0.2) is 45.1 Å². The molecule has 0 amide bonds. The van der Waals surface area contributed by atoms with Gasteiger partial charge in [0, 0.05) is 23.6 Å². The monoisotopic (exact) mass is 342 g/mol. The number of carbonyl (C=O) groups is 2. The zero-order valence-corrected chi connectivity index (χ0v) is 14.4. The van der Waals surface area contributed by atoms with E-state index in [1.165, 1.54) is 18.2 Å². The molecule has 6 heteroatoms. The summed E-state index contributed by atoms with van der Waals surface area (Å²) < 4.78 is 16.4. The Hall–Kier alpha value is -2.89. The predicted molar refractivity (Wildman–Crippen MR) is 90.8 cm³/mol. The molecule has 1 aromatic carbocycles. The highest BCUT2D eigenvalue weighted by molar-refractivity contribution is 6.07. The molecule has 0 fully saturated rings. The summed E-state index contributed by atoms with van der Waals surface area (Å²) in [5.74, 6) is -0.647. The zero-order valence-electron chi connectivity index (χ0n) is 14.4. The Morgan fingerprint density at radius 3 is 2.60 bits per heavy atom. The van der Waals surface area contributed by atoms with Crippen LogP contribution in [0, 0.1) is 0 Å². The lowest BCUT2D eigenvalue weighted by atomic mass is 9.89. The molecule has 0 bridgehead atoms. The van der Waals surface area contributed by atoms with Gasteiger partial charge in [-0.1, -0.05) is 5.57 Å². The fourth-order valence-electron chi connectivity index (χ4n) is 2.75. The first kappa shape index (κ1) is 17.0. The average Bonchev–Trinajstić information content (AvgIpc) is 2.49. The van der Waals surface area contributed by atoms with E-state index in [-0.39, 0.29) is 11.3 Å². The van der Waals surface area contributed by atoms with Gasteiger partial charge in [-0.15, -0.1) is 0 Å². The summed E-state index contributed by atoms with van der Waals surface area (Å²) >= 11 is 0. The van der Waals surface area contributed by atoms with Crippen molar-refractivity contribution in [1.29, 1.82) is 0 Å². The van der Waals surface area contributed by atoms with Gasteiger partial charge in [0.1, 0.15) is 16.9 Å². The predicted octanol–water partition coefficient (Wildman–Crippen LogP) is 3.02. The number of rotatable bonds is 2. The number of benzene rings is 1. The number of hydrogen-bond donors (Lipinski definition) is 0. The molecule has 6 nitrogen and oxygen atoms in total. The Labute approximate surface area is 144 Å². The Morgan fingerprint density at radius 2 is 1.92 bits per heavy atom. The highest BCUT2D eigenvalue weighted by Crippen LogP contribution is 2.37. The topological polar surface area (TPSA) is 82.8 Å². The Bertz CT molecular complexity index is 960. The van der Waals surface area contributed by atoms with Crippen LogP contribution in [0.5, 0.6) is 5.75 Å². The van der Waals surface area contributed by atoms with Crippen molar-refractivity contribution >= 4 is 22.7 Å². The molecule has 0 spiro atoms. The van der Waals surface area contributed by atoms with Gasteiger partial charge >= 0.3 is 11.6 Å². The molecule has 2 heterocycles. The van der Waals surface area contributed by atoms with Gasteiger partial charge in [0.05, 0.1) is 5.56 Å². The lowest BCUT2D eigenvalue weighted by molar-refractivity contribution is -0.150. The maximum Gasteiger partial charge on any atom is 0.336 e. The third-order valence-electron chi connectivity index (χ3n) is 3.87. The van der Waals surface area contributed by atoms with Crippen molar-refractivity contribution in [2.45, 2.75) is 39.4 Å². The normalized spacial score (nSPS) is 18.2. The highest BCUT2D eigenvalue weighted by atomic mass is 16.6. The number of Topliss-reactive ketones (excluding diaryl/α,β-unsaturated/α-hetero) is 1. The van der Waals surface area contributed by atoms with E-state index in [1.807, 2.05) is 0 Å². The van der Waals surface area contributed by atoms with Gasteiger partial charge in [-0.05, 0) is 39.8 Å². The maximum atomic E-state index is 12.9. The number of fused-ring (bicyclic) bond motifs is 2. The van der Waals surface area contributed by atoms with Gasteiger partial charge in [-0.3, -0.25) is 4.79 Å². The number of carbonyl (C=O) groups excluding carboxylic acids is 2. The van der Waals surface area contributed by atoms with E-state index in [0.29, 0.717) is 16.7 Å². The van der Waals surface area contributed by atoms with E-state index < -0.39 is 23.3 Å². The molecule has 25 heavy (non-hydrogen) atoms. The molecule has 0 saturated carbocycles. The standard InChI is InChI=1S/C19H18O6/c1-10(2)7-16(21)24-18-17(22)12-8-11-5-6-15(20)23-13(11)9-14(12)25-19(18,3)4/h5-9,18H,1-4H3/t18-/m0/s1. The number of ketones is 1. The molecular formula is C19H18O6. The molecule has 1 aliphatic rings. The SMILES string of the molecule is CC(C)=CC(=O)O[C@H]1C(=O)c2cc3ccc(=O)oc3cc2OC1(C)C. The summed E-state index contributed by atoms with van der Waals surface area (Å²) in [7, 11) is 0. The first-order valence-electron chi connectivity index (χ1n) is 7.84. The van der Waals surface area contributed by atoms with E-state index in [2.05, 4.69) is 0 Å². The third-order valence-corrected chi connectivity index (χ3v) is 3.87. The van der Waals surface area contributed by atoms with Gasteiger partial charge in [0.15, 0.2) is 0 Å². The second-order valence-corrected chi connectivity index (χ2v) is 6.75. The second-order valence-electron chi connectivity index (χ2n) is 6.75. The van der Waals surface area contributed by atoms with Crippen LogP contribution in [-0.4, -0.2) is 23.5 Å². The summed E-state index contributed by atoms with van der Waals surface area (Å²) in [5.41, 5.74) is -0.154. The minimum atomic E-state index is -1.07. The smallest absolute Gasteiger partial charge is 0.336 e. The highest BCUT2D eigenvalue weighted by Gasteiger charge is 2.46. The molecule has 3 rings (SSSR count). The van der Waals surface area contributed by atoms with Crippen molar-refractivity contribution < 1.29 is 23.5 Å². The fraction of sp³-hybridized carbons (Fsp3) is 0.316. The van der Waals surface area contributed by atoms with Crippen LogP contribution < -0.4 is 10.4 Å². The average molecular weight is 342 g/mol. The minimum Gasteiger partial charge on any atom is -0.483 e. The summed E-state index contributed by atoms with van der Waals surface area (Å²) in [6.45, 7) is 6.86. The van der Waals surface area contributed by atoms with Crippen LogP contribution in [0.25, 0.3) is 11.0 Å². The van der Waals surface area contributed by atoms with Crippen LogP contribution in [0.3, 0.4) is 0 Å². The van der Waals surface area contributed by atoms with Crippen molar-refractivity contribution in [3.05, 3.63) is 51.9 Å². The van der Waals surface area contributed by atoms with Crippen LogP contribution in [-0.2, 0) is 9.53 Å². The minimum absolute atomic E-state index is 0.288. The summed E-state index contributed by atoms with van der Waals surface area (Å²) in [6, 6.07) is 5.94. The number of esters is 1. The number of hydrogen-bond acceptors (Lipinski definition) is 6. The van der Waals surface area contributed by atoms with Crippen molar-refractivity contribution in [3.63, 3.8) is 0 Å². The fourth-order valence-corrected chi connectivity index (χ4v) is 2.75.